The highest BCUT2D eigenvalue weighted by Gasteiger charge is 2.23. The molecule has 11 heavy (non-hydrogen) atoms. The third-order valence-corrected chi connectivity index (χ3v) is 2.24. The Labute approximate surface area is 68.8 Å². The van der Waals surface area contributed by atoms with Crippen LogP contribution in [-0.2, 0) is 13.9 Å². The zero-order valence-corrected chi connectivity index (χ0v) is 8.42. The second-order valence-electron chi connectivity index (χ2n) is 3.61. The van der Waals surface area contributed by atoms with Gasteiger partial charge in [-0.2, -0.15) is 0 Å². The molecule has 1 unspecified atom stereocenters. The molecule has 1 saturated heterocycles. The fourth-order valence-corrected chi connectivity index (χ4v) is 1.85. The van der Waals surface area contributed by atoms with E-state index in [0.29, 0.717) is 19.8 Å². The first-order valence-electron chi connectivity index (χ1n) is 3.95. The van der Waals surface area contributed by atoms with Gasteiger partial charge in [0.05, 0.1) is 19.8 Å². The topological polar surface area (TPSA) is 27.7 Å². The van der Waals surface area contributed by atoms with Gasteiger partial charge in [-0.05, 0) is 19.6 Å². The Bertz CT molecular complexity index is 115. The second-order valence-corrected chi connectivity index (χ2v) is 8.07. The smallest absolute Gasteiger partial charge is 0.187 e. The number of ether oxygens (including phenoxy) is 2. The second kappa shape index (κ2) is 3.67. The predicted octanol–water partition coefficient (Wildman–Crippen LogP) is 1.21. The highest BCUT2D eigenvalue weighted by atomic mass is 28.4. The van der Waals surface area contributed by atoms with Gasteiger partial charge in [0.1, 0.15) is 0 Å². The molecule has 4 heteroatoms. The van der Waals surface area contributed by atoms with E-state index in [1.165, 1.54) is 0 Å². The van der Waals surface area contributed by atoms with Gasteiger partial charge in [-0.15, -0.1) is 0 Å². The summed E-state index contributed by atoms with van der Waals surface area (Å²) in [7, 11) is -1.45. The van der Waals surface area contributed by atoms with Crippen molar-refractivity contribution in [3.63, 3.8) is 0 Å². The average Bonchev–Trinajstić information content (AvgIpc) is 1.85. The molecule has 0 radical (unpaired) electrons. The minimum absolute atomic E-state index is 0.115. The first-order valence-corrected chi connectivity index (χ1v) is 7.36. The van der Waals surface area contributed by atoms with Gasteiger partial charge in [-0.25, -0.2) is 0 Å². The fourth-order valence-electron chi connectivity index (χ4n) is 0.929. The minimum atomic E-state index is -1.45. The zero-order valence-electron chi connectivity index (χ0n) is 7.42. The molecule has 0 aliphatic carbocycles. The van der Waals surface area contributed by atoms with E-state index in [0.717, 1.165) is 0 Å². The van der Waals surface area contributed by atoms with E-state index in [1.54, 1.807) is 0 Å². The highest BCUT2D eigenvalue weighted by molar-refractivity contribution is 6.69. The molecule has 3 nitrogen and oxygen atoms in total. The van der Waals surface area contributed by atoms with E-state index in [4.69, 9.17) is 13.9 Å². The van der Waals surface area contributed by atoms with Crippen LogP contribution in [0.1, 0.15) is 0 Å². The summed E-state index contributed by atoms with van der Waals surface area (Å²) < 4.78 is 16.2. The van der Waals surface area contributed by atoms with Crippen molar-refractivity contribution in [1.29, 1.82) is 0 Å². The Kier molecular flexibility index (Phi) is 3.06. The van der Waals surface area contributed by atoms with E-state index in [9.17, 15) is 0 Å². The Morgan fingerprint density at radius 1 is 1.27 bits per heavy atom. The Balaban J connectivity index is 2.24. The van der Waals surface area contributed by atoms with Crippen molar-refractivity contribution in [3.05, 3.63) is 0 Å². The molecule has 1 heterocycles. The summed E-state index contributed by atoms with van der Waals surface area (Å²) in [6.45, 7) is 8.38. The lowest BCUT2D eigenvalue weighted by atomic mass is 10.6. The molecule has 0 spiro atoms. The Hall–Kier alpha value is 0.0969. The van der Waals surface area contributed by atoms with Crippen LogP contribution in [0.4, 0.5) is 0 Å². The van der Waals surface area contributed by atoms with Crippen molar-refractivity contribution >= 4 is 8.32 Å². The quantitative estimate of drug-likeness (QED) is 0.592. The molecule has 1 aliphatic rings. The first-order chi connectivity index (χ1) is 5.08. The van der Waals surface area contributed by atoms with Crippen LogP contribution in [-0.4, -0.2) is 34.4 Å². The van der Waals surface area contributed by atoms with E-state index in [-0.39, 0.29) is 6.29 Å². The monoisotopic (exact) mass is 176 g/mol. The Morgan fingerprint density at radius 3 is 2.45 bits per heavy atom. The summed E-state index contributed by atoms with van der Waals surface area (Å²) in [6, 6.07) is 0. The summed E-state index contributed by atoms with van der Waals surface area (Å²) in [4.78, 5) is 0. The maximum atomic E-state index is 5.67. The summed E-state index contributed by atoms with van der Waals surface area (Å²) in [5.41, 5.74) is 0. The molecule has 0 saturated carbocycles. The lowest BCUT2D eigenvalue weighted by Gasteiger charge is -2.29. The van der Waals surface area contributed by atoms with Gasteiger partial charge in [0.25, 0.3) is 0 Å². The third kappa shape index (κ3) is 3.86. The Morgan fingerprint density at radius 2 is 2.00 bits per heavy atom. The van der Waals surface area contributed by atoms with Gasteiger partial charge < -0.3 is 13.9 Å². The fraction of sp³-hybridized carbons (Fsp3) is 1.00. The van der Waals surface area contributed by atoms with Crippen LogP contribution in [0.3, 0.4) is 0 Å². The summed E-state index contributed by atoms with van der Waals surface area (Å²) >= 11 is 0. The van der Waals surface area contributed by atoms with Crippen molar-refractivity contribution < 1.29 is 13.9 Å². The van der Waals surface area contributed by atoms with Crippen LogP contribution in [0.2, 0.25) is 19.6 Å². The van der Waals surface area contributed by atoms with E-state index >= 15 is 0 Å². The van der Waals surface area contributed by atoms with Gasteiger partial charge in [0.2, 0.25) is 0 Å². The number of hydrogen-bond donors (Lipinski definition) is 0. The van der Waals surface area contributed by atoms with Crippen LogP contribution < -0.4 is 0 Å². The number of hydrogen-bond acceptors (Lipinski definition) is 3. The number of rotatable bonds is 2. The van der Waals surface area contributed by atoms with E-state index in [2.05, 4.69) is 19.6 Å². The molecule has 0 amide bonds. The van der Waals surface area contributed by atoms with Crippen LogP contribution in [0.25, 0.3) is 0 Å². The molecule has 0 aromatic heterocycles. The maximum absolute atomic E-state index is 5.67. The average molecular weight is 176 g/mol. The molecule has 1 aliphatic heterocycles. The SMILES string of the molecule is C[Si](C)(C)OC1COCCO1. The lowest BCUT2D eigenvalue weighted by Crippen LogP contribution is -2.39. The molecule has 0 bridgehead atoms. The van der Waals surface area contributed by atoms with Gasteiger partial charge >= 0.3 is 0 Å². The van der Waals surface area contributed by atoms with Crippen molar-refractivity contribution in [2.24, 2.45) is 0 Å². The van der Waals surface area contributed by atoms with Gasteiger partial charge in [-0.1, -0.05) is 0 Å². The van der Waals surface area contributed by atoms with Crippen molar-refractivity contribution in [2.75, 3.05) is 19.8 Å². The van der Waals surface area contributed by atoms with Crippen LogP contribution in [0.15, 0.2) is 0 Å². The van der Waals surface area contributed by atoms with Crippen molar-refractivity contribution in [3.8, 4) is 0 Å². The van der Waals surface area contributed by atoms with Crippen molar-refractivity contribution in [2.45, 2.75) is 25.9 Å². The molecule has 0 aromatic rings. The van der Waals surface area contributed by atoms with Gasteiger partial charge in [0.15, 0.2) is 14.6 Å². The maximum Gasteiger partial charge on any atom is 0.187 e. The summed E-state index contributed by atoms with van der Waals surface area (Å²) in [5, 5.41) is 0. The predicted molar refractivity (Wildman–Crippen MR) is 45.0 cm³/mol. The zero-order chi connectivity index (χ0) is 8.32. The van der Waals surface area contributed by atoms with Gasteiger partial charge in [0, 0.05) is 0 Å². The van der Waals surface area contributed by atoms with Gasteiger partial charge in [-0.3, -0.25) is 0 Å². The van der Waals surface area contributed by atoms with Crippen LogP contribution >= 0.6 is 0 Å². The van der Waals surface area contributed by atoms with E-state index in [1.807, 2.05) is 0 Å². The molecule has 1 rings (SSSR count). The minimum Gasteiger partial charge on any atom is -0.391 e. The van der Waals surface area contributed by atoms with E-state index < -0.39 is 8.32 Å². The molecule has 0 N–H and O–H groups in total. The molecular weight excluding hydrogens is 160 g/mol. The lowest BCUT2D eigenvalue weighted by molar-refractivity contribution is -0.174. The normalized spacial score (nSPS) is 27.0. The highest BCUT2D eigenvalue weighted by Crippen LogP contribution is 2.10. The largest absolute Gasteiger partial charge is 0.391 e. The first kappa shape index (κ1) is 9.19. The molecule has 1 atom stereocenters. The molecular formula is C7H16O3Si. The van der Waals surface area contributed by atoms with Crippen LogP contribution in [0, 0.1) is 0 Å². The standard InChI is InChI=1S/C7H16O3Si/c1-11(2,3)10-7-6-8-4-5-9-7/h7H,4-6H2,1-3H3. The summed E-state index contributed by atoms with van der Waals surface area (Å²) in [5.74, 6) is 0. The third-order valence-electron chi connectivity index (χ3n) is 1.27. The van der Waals surface area contributed by atoms with Crippen molar-refractivity contribution in [1.82, 2.24) is 0 Å². The summed E-state index contributed by atoms with van der Waals surface area (Å²) in [6.07, 6.45) is -0.115. The molecule has 1 fully saturated rings. The molecule has 0 aromatic carbocycles. The van der Waals surface area contributed by atoms with Crippen LogP contribution in [0.5, 0.6) is 0 Å². The molecule has 66 valence electrons.